The Morgan fingerprint density at radius 2 is 0.575 bits per heavy atom. The molecule has 0 aromatic rings. The smallest absolute Gasteiger partial charge is 0.144 e. The Labute approximate surface area is 264 Å². The lowest BCUT2D eigenvalue weighted by atomic mass is 10.0. The van der Waals surface area contributed by atoms with E-state index < -0.39 is 0 Å². The summed E-state index contributed by atoms with van der Waals surface area (Å²) in [4.78, 5) is 0.630. The zero-order chi connectivity index (χ0) is 29.4. The average molecular weight is 630 g/mol. The zero-order valence-electron chi connectivity index (χ0n) is 28.7. The molecule has 0 aromatic heterocycles. The molecule has 0 heterocycles. The minimum Gasteiger partial charge on any atom is -0.317 e. The van der Waals surface area contributed by atoms with Gasteiger partial charge in [0.25, 0.3) is 0 Å². The Balaban J connectivity index is 3.40. The van der Waals surface area contributed by atoms with Crippen LogP contribution in [0.1, 0.15) is 219 Å². The van der Waals surface area contributed by atoms with Gasteiger partial charge in [0.15, 0.2) is 0 Å². The molecule has 242 valence electrons. The lowest BCUT2D eigenvalue weighted by molar-refractivity contribution is -0.899. The quantitative estimate of drug-likeness (QED) is 0.0287. The van der Waals surface area contributed by atoms with E-state index in [0.717, 1.165) is 4.48 Å². The van der Waals surface area contributed by atoms with Gasteiger partial charge < -0.3 is 4.48 Å². The molecule has 0 saturated carbocycles. The number of rotatable bonds is 34. The fraction of sp³-hybridized carbons (Fsp3) is 1.00. The van der Waals surface area contributed by atoms with Crippen LogP contribution in [0.5, 0.6) is 0 Å². The maximum atomic E-state index is 4.06. The van der Waals surface area contributed by atoms with Gasteiger partial charge in [0.2, 0.25) is 0 Å². The number of nitrogens with zero attached hydrogens (tertiary/aromatic N) is 1. The van der Waals surface area contributed by atoms with Crippen molar-refractivity contribution in [2.75, 3.05) is 20.6 Å². The maximum Gasteiger partial charge on any atom is 0.144 e. The molecule has 40 heavy (non-hydrogen) atoms. The minimum absolute atomic E-state index is 0.630. The molecule has 2 heteroatoms. The van der Waals surface area contributed by atoms with Gasteiger partial charge in [-0.05, 0) is 35.2 Å². The molecule has 0 aliphatic carbocycles. The van der Waals surface area contributed by atoms with Crippen LogP contribution in [0.2, 0.25) is 0 Å². The molecule has 0 amide bonds. The first-order valence-corrected chi connectivity index (χ1v) is 19.9. The summed E-state index contributed by atoms with van der Waals surface area (Å²) in [7, 11) is 4.88. The van der Waals surface area contributed by atoms with Crippen LogP contribution >= 0.6 is 15.9 Å². The summed E-state index contributed by atoms with van der Waals surface area (Å²) in [6.07, 6.45) is 46.4. The highest BCUT2D eigenvalue weighted by Gasteiger charge is 2.24. The number of hydrogen-bond donors (Lipinski definition) is 0. The van der Waals surface area contributed by atoms with E-state index >= 15 is 0 Å². The van der Waals surface area contributed by atoms with Gasteiger partial charge in [0.05, 0.1) is 20.6 Å². The second-order valence-electron chi connectivity index (χ2n) is 14.0. The molecule has 1 nitrogen and oxygen atoms in total. The number of quaternary nitrogens is 1. The number of halogens is 1. The Kier molecular flexibility index (Phi) is 32.7. The first-order chi connectivity index (χ1) is 19.5. The predicted octanol–water partition coefficient (Wildman–Crippen LogP) is 14.3. The third kappa shape index (κ3) is 29.9. The number of alkyl halides is 1. The highest BCUT2D eigenvalue weighted by molar-refractivity contribution is 9.09. The van der Waals surface area contributed by atoms with E-state index in [0.29, 0.717) is 4.95 Å². The van der Waals surface area contributed by atoms with E-state index in [1.165, 1.54) is 212 Å². The van der Waals surface area contributed by atoms with Crippen molar-refractivity contribution in [1.29, 1.82) is 0 Å². The van der Waals surface area contributed by atoms with Gasteiger partial charge in [-0.15, -0.1) is 0 Å². The lowest BCUT2D eigenvalue weighted by Crippen LogP contribution is -2.46. The van der Waals surface area contributed by atoms with Crippen molar-refractivity contribution < 1.29 is 4.48 Å². The first-order valence-electron chi connectivity index (χ1n) is 19.0. The van der Waals surface area contributed by atoms with E-state index in [4.69, 9.17) is 0 Å². The topological polar surface area (TPSA) is 0 Å². The Hall–Kier alpha value is 0.440. The van der Waals surface area contributed by atoms with Gasteiger partial charge in [0.1, 0.15) is 4.95 Å². The molecular weight excluding hydrogens is 550 g/mol. The van der Waals surface area contributed by atoms with Crippen molar-refractivity contribution in [2.45, 2.75) is 224 Å². The van der Waals surface area contributed by atoms with E-state index in [2.05, 4.69) is 43.9 Å². The number of hydrogen-bond acceptors (Lipinski definition) is 0. The van der Waals surface area contributed by atoms with Crippen LogP contribution < -0.4 is 0 Å². The van der Waals surface area contributed by atoms with Crippen LogP contribution in [-0.2, 0) is 0 Å². The minimum atomic E-state index is 0.630. The monoisotopic (exact) mass is 629 g/mol. The Morgan fingerprint density at radius 1 is 0.350 bits per heavy atom. The SMILES string of the molecule is CCCCCCCCCCCCCCCCCC[N+](C)(C)C(Br)CCCCCCCCCCCCCCCCC. The van der Waals surface area contributed by atoms with Crippen molar-refractivity contribution in [3.05, 3.63) is 0 Å². The molecule has 0 N–H and O–H groups in total. The fourth-order valence-corrected chi connectivity index (χ4v) is 6.77. The van der Waals surface area contributed by atoms with Crippen LogP contribution in [0.4, 0.5) is 0 Å². The van der Waals surface area contributed by atoms with Crippen LogP contribution in [0.3, 0.4) is 0 Å². The van der Waals surface area contributed by atoms with Crippen LogP contribution in [0.15, 0.2) is 0 Å². The van der Waals surface area contributed by atoms with Crippen molar-refractivity contribution in [3.63, 3.8) is 0 Å². The highest BCUT2D eigenvalue weighted by Crippen LogP contribution is 2.23. The largest absolute Gasteiger partial charge is 0.317 e. The molecule has 0 spiro atoms. The number of unbranched alkanes of at least 4 members (excludes halogenated alkanes) is 29. The first kappa shape index (κ1) is 40.4. The summed E-state index contributed by atoms with van der Waals surface area (Å²) in [6.45, 7) is 5.94. The Bertz CT molecular complexity index is 462. The van der Waals surface area contributed by atoms with Gasteiger partial charge in [-0.1, -0.05) is 194 Å². The van der Waals surface area contributed by atoms with Crippen LogP contribution in [-0.4, -0.2) is 30.1 Å². The van der Waals surface area contributed by atoms with Crippen molar-refractivity contribution in [2.24, 2.45) is 0 Å². The van der Waals surface area contributed by atoms with Crippen molar-refractivity contribution in [1.82, 2.24) is 0 Å². The normalized spacial score (nSPS) is 12.8. The van der Waals surface area contributed by atoms with Crippen LogP contribution in [0, 0.1) is 0 Å². The summed E-state index contributed by atoms with van der Waals surface area (Å²) in [5, 5.41) is 0. The third-order valence-corrected chi connectivity index (χ3v) is 11.0. The molecule has 0 rings (SSSR count). The Morgan fingerprint density at radius 3 is 0.850 bits per heavy atom. The molecule has 1 unspecified atom stereocenters. The summed E-state index contributed by atoms with van der Waals surface area (Å²) < 4.78 is 1.15. The standard InChI is InChI=1S/C38H79BrN/c1-5-7-9-11-13-15-17-19-21-23-25-27-29-31-33-35-37-40(3,4)38(39)36-34-32-30-28-26-24-22-20-18-16-14-12-10-8-6-2/h38H,5-37H2,1-4H3/q+1. The zero-order valence-corrected chi connectivity index (χ0v) is 30.3. The van der Waals surface area contributed by atoms with E-state index in [1.54, 1.807) is 0 Å². The summed E-state index contributed by atoms with van der Waals surface area (Å²) in [6, 6.07) is 0. The summed E-state index contributed by atoms with van der Waals surface area (Å²) in [5.41, 5.74) is 0. The van der Waals surface area contributed by atoms with Gasteiger partial charge in [-0.3, -0.25) is 0 Å². The molecule has 0 aliphatic heterocycles. The van der Waals surface area contributed by atoms with Gasteiger partial charge >= 0.3 is 0 Å². The molecule has 0 aliphatic rings. The molecule has 0 aromatic carbocycles. The molecule has 0 fully saturated rings. The van der Waals surface area contributed by atoms with Gasteiger partial charge in [0, 0.05) is 6.42 Å². The second-order valence-corrected chi connectivity index (χ2v) is 15.0. The molecule has 0 saturated heterocycles. The van der Waals surface area contributed by atoms with Gasteiger partial charge in [-0.25, -0.2) is 0 Å². The molecule has 0 bridgehead atoms. The average Bonchev–Trinajstić information content (AvgIpc) is 2.94. The van der Waals surface area contributed by atoms with Crippen LogP contribution in [0.25, 0.3) is 0 Å². The van der Waals surface area contributed by atoms with E-state index in [9.17, 15) is 0 Å². The second kappa shape index (κ2) is 32.4. The fourth-order valence-electron chi connectivity index (χ4n) is 6.24. The molecule has 0 radical (unpaired) electrons. The van der Waals surface area contributed by atoms with E-state index in [1.807, 2.05) is 0 Å². The third-order valence-electron chi connectivity index (χ3n) is 9.39. The van der Waals surface area contributed by atoms with Gasteiger partial charge in [-0.2, -0.15) is 0 Å². The lowest BCUT2D eigenvalue weighted by Gasteiger charge is -2.35. The molecular formula is C38H79BrN+. The summed E-state index contributed by atoms with van der Waals surface area (Å²) >= 11 is 4.06. The summed E-state index contributed by atoms with van der Waals surface area (Å²) in [5.74, 6) is 0. The highest BCUT2D eigenvalue weighted by atomic mass is 79.9. The van der Waals surface area contributed by atoms with Crippen molar-refractivity contribution >= 4 is 15.9 Å². The maximum absolute atomic E-state index is 4.06. The predicted molar refractivity (Wildman–Crippen MR) is 189 cm³/mol. The van der Waals surface area contributed by atoms with Crippen molar-refractivity contribution in [3.8, 4) is 0 Å². The van der Waals surface area contributed by atoms with E-state index in [-0.39, 0.29) is 0 Å². The molecule has 1 atom stereocenters.